The Morgan fingerprint density at radius 2 is 1.03 bits per heavy atom. The second kappa shape index (κ2) is 8.54. The average Bonchev–Trinajstić information content (AvgIpc) is 2.68. The Hall–Kier alpha value is -2.14. The molecule has 0 aliphatic rings. The monoisotopic (exact) mass is 486 g/mol. The molecule has 0 saturated heterocycles. The summed E-state index contributed by atoms with van der Waals surface area (Å²) >= 11 is 0. The second-order valence-electron chi connectivity index (χ2n) is 6.06. The molecule has 0 atom stereocenters. The first-order valence-electron chi connectivity index (χ1n) is 8.16. The molecule has 0 radical (unpaired) electrons. The lowest BCUT2D eigenvalue weighted by molar-refractivity contribution is 0.481. The third-order valence-corrected chi connectivity index (χ3v) is 8.83. The summed E-state index contributed by atoms with van der Waals surface area (Å²) in [6.45, 7) is 0. The molecular weight excluding hydrogens is 471 g/mol. The van der Waals surface area contributed by atoms with Gasteiger partial charge >= 0.3 is 0 Å². The Morgan fingerprint density at radius 1 is 0.633 bits per heavy atom. The maximum atomic E-state index is 11.6. The van der Waals surface area contributed by atoms with E-state index in [0.717, 1.165) is 0 Å². The van der Waals surface area contributed by atoms with E-state index in [9.17, 15) is 34.4 Å². The number of rotatable bonds is 6. The van der Waals surface area contributed by atoms with Crippen molar-refractivity contribution in [3.8, 4) is 0 Å². The summed E-state index contributed by atoms with van der Waals surface area (Å²) in [4.78, 5) is -0.680. The zero-order chi connectivity index (χ0) is 22.1. The summed E-state index contributed by atoms with van der Waals surface area (Å²) in [7, 11) is -13.5. The molecule has 12 heteroatoms. The van der Waals surface area contributed by atoms with Crippen LogP contribution in [0.2, 0.25) is 0 Å². The fourth-order valence-corrected chi connectivity index (χ4v) is 6.95. The van der Waals surface area contributed by atoms with Crippen LogP contribution in [0.3, 0.4) is 0 Å². The molecule has 2 N–H and O–H groups in total. The van der Waals surface area contributed by atoms with Crippen LogP contribution in [-0.2, 0) is 30.9 Å². The Balaban J connectivity index is 2.30. The molecule has 158 valence electrons. The lowest BCUT2D eigenvalue weighted by Crippen LogP contribution is -2.22. The van der Waals surface area contributed by atoms with Gasteiger partial charge in [0.25, 0.3) is 20.2 Å². The van der Waals surface area contributed by atoms with Crippen LogP contribution in [0, 0.1) is 0 Å². The van der Waals surface area contributed by atoms with E-state index in [0.29, 0.717) is 15.9 Å². The first-order valence-corrected chi connectivity index (χ1v) is 13.6. The van der Waals surface area contributed by atoms with Crippen molar-refractivity contribution in [2.75, 3.05) is 0 Å². The second-order valence-corrected chi connectivity index (χ2v) is 12.2. The van der Waals surface area contributed by atoms with Crippen LogP contribution >= 0.6 is 7.92 Å². The lowest BCUT2D eigenvalue weighted by atomic mass is 10.3. The minimum Gasteiger partial charge on any atom is -0.282 e. The third-order valence-electron chi connectivity index (χ3n) is 4.05. The largest absolute Gasteiger partial charge is 0.294 e. The molecule has 30 heavy (non-hydrogen) atoms. The summed E-state index contributed by atoms with van der Waals surface area (Å²) in [6, 6.07) is 16.8. The van der Waals surface area contributed by atoms with Crippen molar-refractivity contribution in [2.45, 2.75) is 14.7 Å². The first-order chi connectivity index (χ1) is 14.0. The van der Waals surface area contributed by atoms with Crippen LogP contribution < -0.4 is 15.9 Å². The summed E-state index contributed by atoms with van der Waals surface area (Å²) in [5.41, 5.74) is 0. The predicted molar refractivity (Wildman–Crippen MR) is 113 cm³/mol. The standard InChI is InChI=1S/C18H15O8PS3/c19-28(20)16-7-1-4-13(10-16)27(14-5-2-8-17(11-14)29(21,22)23)15-6-3-9-18(12-15)30(24,25)26/h1-12,28H,(H,21,22,23)(H,24,25,26). The van der Waals surface area contributed by atoms with Crippen molar-refractivity contribution in [3.63, 3.8) is 0 Å². The van der Waals surface area contributed by atoms with Gasteiger partial charge in [-0.3, -0.25) is 9.11 Å². The topological polar surface area (TPSA) is 143 Å². The molecule has 0 heterocycles. The van der Waals surface area contributed by atoms with Crippen LogP contribution in [0.15, 0.2) is 87.5 Å². The van der Waals surface area contributed by atoms with E-state index in [1.165, 1.54) is 54.6 Å². The zero-order valence-electron chi connectivity index (χ0n) is 15.0. The maximum absolute atomic E-state index is 11.6. The fourth-order valence-electron chi connectivity index (χ4n) is 2.76. The molecule has 3 aromatic carbocycles. The smallest absolute Gasteiger partial charge is 0.282 e. The number of hydrogen-bond acceptors (Lipinski definition) is 6. The fraction of sp³-hybridized carbons (Fsp3) is 0. The molecule has 0 fully saturated rings. The van der Waals surface area contributed by atoms with E-state index in [-0.39, 0.29) is 14.7 Å². The molecule has 3 aromatic rings. The van der Waals surface area contributed by atoms with Gasteiger partial charge in [-0.15, -0.1) is 0 Å². The molecular formula is C18H15O8PS3. The van der Waals surface area contributed by atoms with Gasteiger partial charge in [-0.25, -0.2) is 8.42 Å². The molecule has 0 spiro atoms. The van der Waals surface area contributed by atoms with Gasteiger partial charge in [0.2, 0.25) is 0 Å². The van der Waals surface area contributed by atoms with Crippen LogP contribution in [0.5, 0.6) is 0 Å². The molecule has 0 bridgehead atoms. The van der Waals surface area contributed by atoms with Crippen LogP contribution in [0.1, 0.15) is 0 Å². The molecule has 0 unspecified atom stereocenters. The van der Waals surface area contributed by atoms with E-state index >= 15 is 0 Å². The Bertz CT molecular complexity index is 1310. The summed E-state index contributed by atoms with van der Waals surface area (Å²) < 4.78 is 88.0. The predicted octanol–water partition coefficient (Wildman–Crippen LogP) is 0.908. The van der Waals surface area contributed by atoms with Crippen molar-refractivity contribution in [1.82, 2.24) is 0 Å². The normalized spacial score (nSPS) is 12.4. The maximum Gasteiger partial charge on any atom is 0.294 e. The highest BCUT2D eigenvalue weighted by atomic mass is 32.2. The van der Waals surface area contributed by atoms with E-state index in [4.69, 9.17) is 0 Å². The highest BCUT2D eigenvalue weighted by molar-refractivity contribution is 7.86. The Kier molecular flexibility index (Phi) is 6.42. The lowest BCUT2D eigenvalue weighted by Gasteiger charge is -2.20. The molecule has 0 aliphatic heterocycles. The van der Waals surface area contributed by atoms with E-state index in [2.05, 4.69) is 0 Å². The minimum absolute atomic E-state index is 0.0341. The van der Waals surface area contributed by atoms with Gasteiger partial charge in [-0.1, -0.05) is 36.4 Å². The molecule has 0 aromatic heterocycles. The molecule has 8 nitrogen and oxygen atoms in total. The van der Waals surface area contributed by atoms with E-state index < -0.39 is 38.9 Å². The van der Waals surface area contributed by atoms with E-state index in [1.807, 2.05) is 0 Å². The van der Waals surface area contributed by atoms with E-state index in [1.54, 1.807) is 18.2 Å². The Morgan fingerprint density at radius 3 is 1.43 bits per heavy atom. The molecule has 0 aliphatic carbocycles. The summed E-state index contributed by atoms with van der Waals surface area (Å²) in [5, 5.41) is 1.35. The first kappa shape index (κ1) is 22.5. The highest BCUT2D eigenvalue weighted by Crippen LogP contribution is 2.34. The Labute approximate surface area is 176 Å². The SMILES string of the molecule is O=[SH](=O)c1cccc(P(c2cccc(S(=O)(=O)O)c2)c2cccc(S(=O)(=O)O)c2)c1. The zero-order valence-corrected chi connectivity index (χ0v) is 18.4. The number of benzene rings is 3. The van der Waals surface area contributed by atoms with Gasteiger partial charge < -0.3 is 0 Å². The van der Waals surface area contributed by atoms with Gasteiger partial charge in [0, 0.05) is 0 Å². The van der Waals surface area contributed by atoms with Gasteiger partial charge in [0.1, 0.15) is 0 Å². The van der Waals surface area contributed by atoms with Gasteiger partial charge in [-0.05, 0) is 60.2 Å². The molecule has 3 rings (SSSR count). The highest BCUT2D eigenvalue weighted by Gasteiger charge is 2.21. The van der Waals surface area contributed by atoms with Gasteiger partial charge in [0.05, 0.1) is 14.7 Å². The van der Waals surface area contributed by atoms with Crippen molar-refractivity contribution >= 4 is 54.8 Å². The van der Waals surface area contributed by atoms with Crippen LogP contribution in [0.4, 0.5) is 0 Å². The van der Waals surface area contributed by atoms with Crippen molar-refractivity contribution < 1.29 is 34.4 Å². The summed E-state index contributed by atoms with van der Waals surface area (Å²) in [5.74, 6) is 0. The third kappa shape index (κ3) is 5.12. The van der Waals surface area contributed by atoms with Crippen molar-refractivity contribution in [3.05, 3.63) is 72.8 Å². The van der Waals surface area contributed by atoms with Crippen LogP contribution in [0.25, 0.3) is 0 Å². The number of hydrogen-bond donors (Lipinski definition) is 3. The molecule has 0 amide bonds. The molecule has 0 saturated carbocycles. The average molecular weight is 486 g/mol. The van der Waals surface area contributed by atoms with Crippen LogP contribution in [-0.4, -0.2) is 34.4 Å². The minimum atomic E-state index is -4.50. The quantitative estimate of drug-likeness (QED) is 0.265. The van der Waals surface area contributed by atoms with Gasteiger partial charge in [0.15, 0.2) is 10.7 Å². The number of thiol groups is 1. The summed E-state index contributed by atoms with van der Waals surface area (Å²) in [6.07, 6.45) is 0. The van der Waals surface area contributed by atoms with Crippen molar-refractivity contribution in [2.24, 2.45) is 0 Å². The van der Waals surface area contributed by atoms with Gasteiger partial charge in [-0.2, -0.15) is 16.8 Å². The van der Waals surface area contributed by atoms with Crippen molar-refractivity contribution in [1.29, 1.82) is 0 Å².